The molecule has 0 aromatic heterocycles. The molecule has 0 saturated carbocycles. The van der Waals surface area contributed by atoms with Gasteiger partial charge in [0, 0.05) is 17.3 Å². The molecule has 0 saturated heterocycles. The Morgan fingerprint density at radius 2 is 1.44 bits per heavy atom. The number of hydrogen-bond donors (Lipinski definition) is 2. The van der Waals surface area contributed by atoms with Crippen LogP contribution in [0.25, 0.3) is 5.70 Å². The van der Waals surface area contributed by atoms with Gasteiger partial charge < -0.3 is 34.3 Å². The maximum Gasteiger partial charge on any atom is 0.337 e. The normalized spacial score (nSPS) is 15.7. The van der Waals surface area contributed by atoms with Crippen LogP contribution in [0.1, 0.15) is 49.2 Å². The summed E-state index contributed by atoms with van der Waals surface area (Å²) < 4.78 is 21.9. The van der Waals surface area contributed by atoms with Crippen LogP contribution in [0.2, 0.25) is 0 Å². The van der Waals surface area contributed by atoms with Crippen LogP contribution in [0.5, 0.6) is 17.2 Å². The highest BCUT2D eigenvalue weighted by molar-refractivity contribution is 6.04. The van der Waals surface area contributed by atoms with Crippen molar-refractivity contribution in [1.82, 2.24) is 15.1 Å². The number of amides is 3. The van der Waals surface area contributed by atoms with E-state index in [0.29, 0.717) is 28.4 Å². The molecular weight excluding hydrogens is 642 g/mol. The van der Waals surface area contributed by atoms with E-state index in [1.165, 1.54) is 31.1 Å². The summed E-state index contributed by atoms with van der Waals surface area (Å²) in [6, 6.07) is 18.9. The lowest BCUT2D eigenvalue weighted by Gasteiger charge is -2.41. The molecule has 4 rings (SSSR count). The fourth-order valence-corrected chi connectivity index (χ4v) is 5.79. The zero-order valence-electron chi connectivity index (χ0n) is 29.4. The first-order chi connectivity index (χ1) is 23.9. The average Bonchev–Trinajstić information content (AvgIpc) is 3.10. The lowest BCUT2D eigenvalue weighted by molar-refractivity contribution is -0.159. The molecule has 1 aliphatic heterocycles. The first-order valence-corrected chi connectivity index (χ1v) is 16.3. The molecule has 266 valence electrons. The van der Waals surface area contributed by atoms with Gasteiger partial charge in [-0.05, 0) is 56.0 Å². The van der Waals surface area contributed by atoms with Crippen molar-refractivity contribution in [3.63, 3.8) is 0 Å². The highest BCUT2D eigenvalue weighted by Gasteiger charge is 2.42. The molecule has 3 atom stereocenters. The number of carbonyl (C=O) groups is 4. The van der Waals surface area contributed by atoms with Crippen molar-refractivity contribution in [2.75, 3.05) is 27.9 Å². The molecule has 0 bridgehead atoms. The van der Waals surface area contributed by atoms with Gasteiger partial charge in [0.25, 0.3) is 11.8 Å². The van der Waals surface area contributed by atoms with Gasteiger partial charge in [-0.15, -0.1) is 0 Å². The largest absolute Gasteiger partial charge is 0.493 e. The maximum atomic E-state index is 14.5. The molecule has 2 unspecified atom stereocenters. The predicted octanol–water partition coefficient (Wildman–Crippen LogP) is 4.06. The highest BCUT2D eigenvalue weighted by atomic mass is 16.6. The molecule has 3 aromatic rings. The fraction of sp³-hybridized carbons (Fsp3) is 0.368. The van der Waals surface area contributed by atoms with E-state index in [9.17, 15) is 24.3 Å². The van der Waals surface area contributed by atoms with Crippen LogP contribution in [0.15, 0.2) is 79.0 Å². The van der Waals surface area contributed by atoms with Crippen molar-refractivity contribution >= 4 is 29.4 Å². The monoisotopic (exact) mass is 687 g/mol. The molecule has 12 heteroatoms. The van der Waals surface area contributed by atoms with E-state index in [0.717, 1.165) is 5.56 Å². The number of esters is 1. The van der Waals surface area contributed by atoms with Crippen molar-refractivity contribution in [2.24, 2.45) is 5.92 Å². The van der Waals surface area contributed by atoms with Crippen molar-refractivity contribution in [3.05, 3.63) is 95.7 Å². The Bertz CT molecular complexity index is 1670. The van der Waals surface area contributed by atoms with E-state index < -0.39 is 54.5 Å². The number of nitrogens with one attached hydrogen (secondary N) is 1. The lowest BCUT2D eigenvalue weighted by Crippen LogP contribution is -2.57. The molecule has 1 aliphatic rings. The quantitative estimate of drug-likeness (QED) is 0.240. The second-order valence-corrected chi connectivity index (χ2v) is 12.4. The standard InChI is InChI=1S/C38H45N3O9/c1-23(2)33-37(45)40(22-32(42)39-28(18-25-14-10-8-11-15-25)34(43)38(46)50-24(3)4)29(21-41(33)36(44)26-16-12-9-13-17-26)27-19-30(47-5)35(49-7)31(20-27)48-6/h8-17,19-21,23-24,28,33-34,43H,18,22H2,1-7H3,(H,39,42)/t28-,33?,34?/m0/s1. The SMILES string of the molecule is COc1cc(C2=CN(C(=O)c3ccccc3)C(C(C)C)C(=O)N2CC(=O)N[C@@H](Cc2ccccc2)C(O)C(=O)OC(C)C)cc(OC)c1OC. The van der Waals surface area contributed by atoms with Gasteiger partial charge in [-0.3, -0.25) is 19.3 Å². The Morgan fingerprint density at radius 3 is 1.96 bits per heavy atom. The second-order valence-electron chi connectivity index (χ2n) is 12.4. The van der Waals surface area contributed by atoms with Crippen molar-refractivity contribution in [1.29, 1.82) is 0 Å². The summed E-state index contributed by atoms with van der Waals surface area (Å²) in [6.45, 7) is 6.44. The zero-order valence-corrected chi connectivity index (χ0v) is 29.4. The third-order valence-electron chi connectivity index (χ3n) is 8.14. The molecule has 3 aromatic carbocycles. The number of rotatable bonds is 14. The smallest absolute Gasteiger partial charge is 0.337 e. The van der Waals surface area contributed by atoms with Gasteiger partial charge in [0.2, 0.25) is 11.7 Å². The van der Waals surface area contributed by atoms with Crippen LogP contribution in [0.4, 0.5) is 0 Å². The van der Waals surface area contributed by atoms with Crippen LogP contribution in [0, 0.1) is 5.92 Å². The van der Waals surface area contributed by atoms with Gasteiger partial charge in [0.15, 0.2) is 17.6 Å². The first kappa shape index (κ1) is 37.5. The molecule has 0 spiro atoms. The van der Waals surface area contributed by atoms with Gasteiger partial charge >= 0.3 is 5.97 Å². The lowest BCUT2D eigenvalue weighted by atomic mass is 9.95. The summed E-state index contributed by atoms with van der Waals surface area (Å²) in [7, 11) is 4.37. The Labute approximate surface area is 292 Å². The second kappa shape index (κ2) is 16.8. The van der Waals surface area contributed by atoms with Gasteiger partial charge in [-0.2, -0.15) is 0 Å². The van der Waals surface area contributed by atoms with Gasteiger partial charge in [0.1, 0.15) is 12.6 Å². The number of aliphatic hydroxyl groups excluding tert-OH is 1. The minimum atomic E-state index is -1.69. The summed E-state index contributed by atoms with van der Waals surface area (Å²) in [6.07, 6.45) is -0.521. The number of carbonyl (C=O) groups excluding carboxylic acids is 4. The van der Waals surface area contributed by atoms with Crippen LogP contribution in [0.3, 0.4) is 0 Å². The maximum absolute atomic E-state index is 14.5. The fourth-order valence-electron chi connectivity index (χ4n) is 5.79. The third kappa shape index (κ3) is 8.61. The van der Waals surface area contributed by atoms with Gasteiger partial charge in [-0.1, -0.05) is 62.4 Å². The van der Waals surface area contributed by atoms with E-state index in [4.69, 9.17) is 18.9 Å². The number of benzene rings is 3. The average molecular weight is 688 g/mol. The molecule has 0 aliphatic carbocycles. The van der Waals surface area contributed by atoms with E-state index in [-0.39, 0.29) is 18.0 Å². The Hall–Kier alpha value is -5.36. The Balaban J connectivity index is 1.79. The highest BCUT2D eigenvalue weighted by Crippen LogP contribution is 2.42. The minimum Gasteiger partial charge on any atom is -0.493 e. The summed E-state index contributed by atoms with van der Waals surface area (Å²) in [4.78, 5) is 57.8. The summed E-state index contributed by atoms with van der Waals surface area (Å²) >= 11 is 0. The zero-order chi connectivity index (χ0) is 36.5. The van der Waals surface area contributed by atoms with E-state index in [1.807, 2.05) is 44.2 Å². The van der Waals surface area contributed by atoms with Crippen LogP contribution >= 0.6 is 0 Å². The summed E-state index contributed by atoms with van der Waals surface area (Å²) in [5, 5.41) is 13.8. The Kier molecular flexibility index (Phi) is 12.6. The number of methoxy groups -OCH3 is 3. The molecule has 3 amide bonds. The van der Waals surface area contributed by atoms with Crippen LogP contribution in [-0.2, 0) is 25.5 Å². The number of hydrogen-bond acceptors (Lipinski definition) is 9. The van der Waals surface area contributed by atoms with Crippen LogP contribution in [-0.4, -0.2) is 90.8 Å². The summed E-state index contributed by atoms with van der Waals surface area (Å²) in [5.41, 5.74) is 1.75. The first-order valence-electron chi connectivity index (χ1n) is 16.3. The summed E-state index contributed by atoms with van der Waals surface area (Å²) in [5.74, 6) is -1.90. The van der Waals surface area contributed by atoms with Crippen molar-refractivity contribution in [3.8, 4) is 17.2 Å². The molecule has 2 N–H and O–H groups in total. The van der Waals surface area contributed by atoms with Crippen LogP contribution < -0.4 is 19.5 Å². The van der Waals surface area contributed by atoms with Crippen molar-refractivity contribution in [2.45, 2.75) is 58.4 Å². The molecule has 50 heavy (non-hydrogen) atoms. The van der Waals surface area contributed by atoms with Gasteiger partial charge in [-0.25, -0.2) is 4.79 Å². The van der Waals surface area contributed by atoms with E-state index >= 15 is 0 Å². The van der Waals surface area contributed by atoms with E-state index in [2.05, 4.69) is 5.32 Å². The predicted molar refractivity (Wildman–Crippen MR) is 186 cm³/mol. The minimum absolute atomic E-state index is 0.110. The van der Waals surface area contributed by atoms with E-state index in [1.54, 1.807) is 62.5 Å². The van der Waals surface area contributed by atoms with Crippen molar-refractivity contribution < 1.29 is 43.2 Å². The molecule has 12 nitrogen and oxygen atoms in total. The number of nitrogens with zero attached hydrogens (tertiary/aromatic N) is 2. The number of aliphatic hydroxyl groups is 1. The number of ether oxygens (including phenoxy) is 4. The van der Waals surface area contributed by atoms with Gasteiger partial charge in [0.05, 0.1) is 39.2 Å². The molecule has 1 heterocycles. The third-order valence-corrected chi connectivity index (χ3v) is 8.14. The topological polar surface area (TPSA) is 144 Å². The Morgan fingerprint density at radius 1 is 0.860 bits per heavy atom. The molecule has 0 radical (unpaired) electrons. The molecular formula is C38H45N3O9. The molecule has 0 fully saturated rings.